The van der Waals surface area contributed by atoms with E-state index in [0.717, 1.165) is 55.6 Å². The molecular weight excluding hydrogens is 408 g/mol. The SMILES string of the molecule is CN(C)CCc1nnc(NC(=O)C2(c3ccc(S(C)(=O)=O)cc3)CCCCC2)s1. The summed E-state index contributed by atoms with van der Waals surface area (Å²) in [4.78, 5) is 15.7. The van der Waals surface area contributed by atoms with Crippen molar-refractivity contribution in [3.63, 3.8) is 0 Å². The molecule has 0 saturated heterocycles. The molecule has 9 heteroatoms. The molecule has 7 nitrogen and oxygen atoms in total. The minimum Gasteiger partial charge on any atom is -0.309 e. The van der Waals surface area contributed by atoms with Crippen LogP contribution in [0.2, 0.25) is 0 Å². The highest BCUT2D eigenvalue weighted by Gasteiger charge is 2.41. The molecule has 1 aliphatic rings. The van der Waals surface area contributed by atoms with Gasteiger partial charge >= 0.3 is 0 Å². The van der Waals surface area contributed by atoms with E-state index in [2.05, 4.69) is 20.4 Å². The Morgan fingerprint density at radius 2 is 1.79 bits per heavy atom. The second-order valence-corrected chi connectivity index (χ2v) is 11.0. The van der Waals surface area contributed by atoms with Gasteiger partial charge in [-0.3, -0.25) is 10.1 Å². The number of hydrogen-bond acceptors (Lipinski definition) is 7. The van der Waals surface area contributed by atoms with Gasteiger partial charge in [0.1, 0.15) is 5.01 Å². The van der Waals surface area contributed by atoms with Crippen LogP contribution < -0.4 is 5.32 Å². The van der Waals surface area contributed by atoms with E-state index in [-0.39, 0.29) is 10.8 Å². The maximum atomic E-state index is 13.3. The Bertz CT molecular complexity index is 946. The van der Waals surface area contributed by atoms with E-state index < -0.39 is 15.3 Å². The Kier molecular flexibility index (Phi) is 6.70. The molecule has 0 spiro atoms. The Labute approximate surface area is 176 Å². The largest absolute Gasteiger partial charge is 0.309 e. The van der Waals surface area contributed by atoms with Crippen LogP contribution in [0.3, 0.4) is 0 Å². The third-order valence-corrected chi connectivity index (χ3v) is 7.46. The number of rotatable bonds is 7. The Morgan fingerprint density at radius 1 is 1.14 bits per heavy atom. The molecule has 2 aromatic rings. The number of nitrogens with one attached hydrogen (secondary N) is 1. The maximum absolute atomic E-state index is 13.3. The number of hydrogen-bond donors (Lipinski definition) is 1. The summed E-state index contributed by atoms with van der Waals surface area (Å²) in [6.07, 6.45) is 6.49. The van der Waals surface area contributed by atoms with Gasteiger partial charge < -0.3 is 4.90 Å². The molecule has 0 unspecified atom stereocenters. The fourth-order valence-electron chi connectivity index (χ4n) is 3.76. The summed E-state index contributed by atoms with van der Waals surface area (Å²) in [6.45, 7) is 0.874. The Morgan fingerprint density at radius 3 is 2.38 bits per heavy atom. The molecule has 0 atom stereocenters. The van der Waals surface area contributed by atoms with E-state index >= 15 is 0 Å². The number of anilines is 1. The molecule has 1 aliphatic carbocycles. The third-order valence-electron chi connectivity index (χ3n) is 5.44. The lowest BCUT2D eigenvalue weighted by atomic mass is 9.69. The number of sulfone groups is 1. The predicted octanol–water partition coefficient (Wildman–Crippen LogP) is 2.89. The molecule has 1 fully saturated rings. The minimum atomic E-state index is -3.27. The van der Waals surface area contributed by atoms with Crippen LogP contribution in [-0.2, 0) is 26.5 Å². The summed E-state index contributed by atoms with van der Waals surface area (Å²) in [5, 5.41) is 12.7. The van der Waals surface area contributed by atoms with Gasteiger partial charge in [-0.1, -0.05) is 42.7 Å². The lowest BCUT2D eigenvalue weighted by Gasteiger charge is -2.36. The van der Waals surface area contributed by atoms with Gasteiger partial charge in [0.2, 0.25) is 11.0 Å². The van der Waals surface area contributed by atoms with E-state index in [4.69, 9.17) is 0 Å². The number of aromatic nitrogens is 2. The normalized spacial score (nSPS) is 16.7. The molecule has 1 saturated carbocycles. The highest BCUT2D eigenvalue weighted by molar-refractivity contribution is 7.90. The van der Waals surface area contributed by atoms with Crippen LogP contribution in [0, 0.1) is 0 Å². The molecule has 1 amide bonds. The van der Waals surface area contributed by atoms with E-state index in [1.54, 1.807) is 24.3 Å². The molecule has 158 valence electrons. The van der Waals surface area contributed by atoms with Crippen molar-refractivity contribution < 1.29 is 13.2 Å². The fourth-order valence-corrected chi connectivity index (χ4v) is 5.12. The predicted molar refractivity (Wildman–Crippen MR) is 115 cm³/mol. The van der Waals surface area contributed by atoms with Gasteiger partial charge in [-0.15, -0.1) is 10.2 Å². The summed E-state index contributed by atoms with van der Waals surface area (Å²) in [7, 11) is 0.743. The maximum Gasteiger partial charge on any atom is 0.236 e. The highest BCUT2D eigenvalue weighted by atomic mass is 32.2. The lowest BCUT2D eigenvalue weighted by Crippen LogP contribution is -2.42. The summed E-state index contributed by atoms with van der Waals surface area (Å²) in [5.74, 6) is -0.0837. The van der Waals surface area contributed by atoms with Gasteiger partial charge in [-0.05, 0) is 44.6 Å². The van der Waals surface area contributed by atoms with Gasteiger partial charge in [0.15, 0.2) is 9.84 Å². The van der Waals surface area contributed by atoms with E-state index in [1.165, 1.54) is 17.6 Å². The first kappa shape index (κ1) is 21.9. The summed E-state index contributed by atoms with van der Waals surface area (Å²) in [5.41, 5.74) is 0.198. The molecule has 1 heterocycles. The number of likely N-dealkylation sites (N-methyl/N-ethyl adjacent to an activating group) is 1. The van der Waals surface area contributed by atoms with Crippen LogP contribution in [0.1, 0.15) is 42.7 Å². The summed E-state index contributed by atoms with van der Waals surface area (Å²) >= 11 is 1.41. The Hall–Kier alpha value is -1.84. The quantitative estimate of drug-likeness (QED) is 0.717. The zero-order valence-corrected chi connectivity index (χ0v) is 18.8. The smallest absolute Gasteiger partial charge is 0.236 e. The molecular formula is C20H28N4O3S2. The van der Waals surface area contributed by atoms with Crippen LogP contribution in [-0.4, -0.2) is 56.3 Å². The van der Waals surface area contributed by atoms with Crippen molar-refractivity contribution in [3.05, 3.63) is 34.8 Å². The van der Waals surface area contributed by atoms with Crippen LogP contribution in [0.5, 0.6) is 0 Å². The van der Waals surface area contributed by atoms with Crippen molar-refractivity contribution in [2.24, 2.45) is 0 Å². The molecule has 1 aromatic carbocycles. The molecule has 0 radical (unpaired) electrons. The molecule has 0 bridgehead atoms. The van der Waals surface area contributed by atoms with E-state index in [0.29, 0.717) is 5.13 Å². The molecule has 1 N–H and O–H groups in total. The molecule has 1 aromatic heterocycles. The van der Waals surface area contributed by atoms with E-state index in [9.17, 15) is 13.2 Å². The van der Waals surface area contributed by atoms with Crippen LogP contribution in [0.15, 0.2) is 29.2 Å². The van der Waals surface area contributed by atoms with Crippen molar-refractivity contribution in [1.82, 2.24) is 15.1 Å². The summed E-state index contributed by atoms with van der Waals surface area (Å²) < 4.78 is 23.6. The molecule has 0 aliphatic heterocycles. The van der Waals surface area contributed by atoms with E-state index in [1.807, 2.05) is 14.1 Å². The molecule has 29 heavy (non-hydrogen) atoms. The van der Waals surface area contributed by atoms with Gasteiger partial charge in [-0.25, -0.2) is 8.42 Å². The van der Waals surface area contributed by atoms with Crippen LogP contribution in [0.4, 0.5) is 5.13 Å². The highest BCUT2D eigenvalue weighted by Crippen LogP contribution is 2.41. The fraction of sp³-hybridized carbons (Fsp3) is 0.550. The number of carbonyl (C=O) groups is 1. The lowest BCUT2D eigenvalue weighted by molar-refractivity contribution is -0.122. The van der Waals surface area contributed by atoms with Crippen molar-refractivity contribution in [2.45, 2.75) is 48.8 Å². The van der Waals surface area contributed by atoms with Crippen LogP contribution >= 0.6 is 11.3 Å². The zero-order chi connectivity index (χ0) is 21.1. The van der Waals surface area contributed by atoms with Crippen molar-refractivity contribution in [1.29, 1.82) is 0 Å². The number of amides is 1. The van der Waals surface area contributed by atoms with Gasteiger partial charge in [-0.2, -0.15) is 0 Å². The first-order valence-electron chi connectivity index (χ1n) is 9.80. The average molecular weight is 437 g/mol. The third kappa shape index (κ3) is 5.21. The first-order valence-corrected chi connectivity index (χ1v) is 12.5. The first-order chi connectivity index (χ1) is 13.7. The zero-order valence-electron chi connectivity index (χ0n) is 17.1. The second kappa shape index (κ2) is 8.89. The van der Waals surface area contributed by atoms with Crippen molar-refractivity contribution >= 4 is 32.2 Å². The minimum absolute atomic E-state index is 0.0837. The summed E-state index contributed by atoms with van der Waals surface area (Å²) in [6, 6.07) is 6.75. The number of nitrogens with zero attached hydrogens (tertiary/aromatic N) is 3. The standard InChI is InChI=1S/C20H28N4O3S2/c1-24(2)14-11-17-22-23-19(28-17)21-18(25)20(12-5-4-6-13-20)15-7-9-16(10-8-15)29(3,26)27/h7-10H,4-6,11-14H2,1-3H3,(H,21,23,25). The van der Waals surface area contributed by atoms with Crippen LogP contribution in [0.25, 0.3) is 0 Å². The number of benzene rings is 1. The topological polar surface area (TPSA) is 92.3 Å². The van der Waals surface area contributed by atoms with Crippen molar-refractivity contribution in [3.8, 4) is 0 Å². The van der Waals surface area contributed by atoms with Gasteiger partial charge in [0.25, 0.3) is 0 Å². The van der Waals surface area contributed by atoms with Gasteiger partial charge in [0.05, 0.1) is 10.3 Å². The number of carbonyl (C=O) groups excluding carboxylic acids is 1. The van der Waals surface area contributed by atoms with Crippen molar-refractivity contribution in [2.75, 3.05) is 32.2 Å². The van der Waals surface area contributed by atoms with Gasteiger partial charge in [0, 0.05) is 19.2 Å². The monoisotopic (exact) mass is 436 g/mol. The molecule has 3 rings (SSSR count). The second-order valence-electron chi connectivity index (χ2n) is 7.95. The average Bonchev–Trinajstić information content (AvgIpc) is 3.13. The Balaban J connectivity index is 1.82.